The Hall–Kier alpha value is -1.80. The lowest BCUT2D eigenvalue weighted by Gasteiger charge is -2.32. The maximum Gasteiger partial charge on any atom is 0.227 e. The third-order valence-electron chi connectivity index (χ3n) is 4.69. The number of ketones is 1. The fourth-order valence-electron chi connectivity index (χ4n) is 3.63. The monoisotopic (exact) mass is 448 g/mol. The van der Waals surface area contributed by atoms with Crippen LogP contribution in [-0.4, -0.2) is 32.9 Å². The van der Waals surface area contributed by atoms with Gasteiger partial charge < -0.3 is 10.1 Å². The minimum absolute atomic E-state index is 0.169. The minimum Gasteiger partial charge on any atom is -0.494 e. The fourth-order valence-corrected chi connectivity index (χ4v) is 4.57. The van der Waals surface area contributed by atoms with E-state index in [9.17, 15) is 4.79 Å². The van der Waals surface area contributed by atoms with Crippen molar-refractivity contribution in [2.75, 3.05) is 17.7 Å². The van der Waals surface area contributed by atoms with E-state index in [4.69, 9.17) is 9.84 Å². The molecule has 0 radical (unpaired) electrons. The standard InChI is InChI=1S/C19H21BrN4O2S/c1-3-26-15-9-8-11(20)10-12(15)17-16-13(6-5-7-14(16)25)21-18-22-19(27-4-2)23-24(17)18/h8-10,17H,3-7H2,1-2H3,(H,21,22,23). The Morgan fingerprint density at radius 2 is 2.22 bits per heavy atom. The second-order valence-corrected chi connectivity index (χ2v) is 8.55. The Morgan fingerprint density at radius 1 is 1.37 bits per heavy atom. The summed E-state index contributed by atoms with van der Waals surface area (Å²) in [6, 6.07) is 5.58. The van der Waals surface area contributed by atoms with Gasteiger partial charge in [0.2, 0.25) is 11.1 Å². The van der Waals surface area contributed by atoms with Gasteiger partial charge in [-0.3, -0.25) is 4.79 Å². The summed E-state index contributed by atoms with van der Waals surface area (Å²) in [4.78, 5) is 17.5. The second kappa shape index (κ2) is 7.67. The summed E-state index contributed by atoms with van der Waals surface area (Å²) in [6.45, 7) is 4.59. The van der Waals surface area contributed by atoms with Crippen LogP contribution in [-0.2, 0) is 4.79 Å². The molecule has 6 nitrogen and oxygen atoms in total. The predicted octanol–water partition coefficient (Wildman–Crippen LogP) is 4.57. The highest BCUT2D eigenvalue weighted by molar-refractivity contribution is 9.10. The number of hydrogen-bond donors (Lipinski definition) is 1. The molecule has 27 heavy (non-hydrogen) atoms. The van der Waals surface area contributed by atoms with Crippen LogP contribution in [0.15, 0.2) is 39.1 Å². The van der Waals surface area contributed by atoms with Crippen LogP contribution in [0, 0.1) is 0 Å². The van der Waals surface area contributed by atoms with Gasteiger partial charge in [-0.15, -0.1) is 5.10 Å². The number of ether oxygens (including phenoxy) is 1. The Morgan fingerprint density at radius 3 is 3.00 bits per heavy atom. The van der Waals surface area contributed by atoms with Gasteiger partial charge in [0, 0.05) is 27.7 Å². The molecule has 0 amide bonds. The van der Waals surface area contributed by atoms with Crippen molar-refractivity contribution in [3.05, 3.63) is 39.5 Å². The van der Waals surface area contributed by atoms with Gasteiger partial charge >= 0.3 is 0 Å². The predicted molar refractivity (Wildman–Crippen MR) is 109 cm³/mol. The molecule has 0 fully saturated rings. The first-order chi connectivity index (χ1) is 13.1. The van der Waals surface area contributed by atoms with E-state index >= 15 is 0 Å². The summed E-state index contributed by atoms with van der Waals surface area (Å²) in [5.41, 5.74) is 2.67. The zero-order valence-electron chi connectivity index (χ0n) is 15.3. The van der Waals surface area contributed by atoms with Gasteiger partial charge in [0.15, 0.2) is 5.78 Å². The number of carbonyl (C=O) groups excluding carboxylic acids is 1. The summed E-state index contributed by atoms with van der Waals surface area (Å²) >= 11 is 5.16. The van der Waals surface area contributed by atoms with Crippen molar-refractivity contribution in [2.24, 2.45) is 0 Å². The molecule has 2 aliphatic rings. The molecule has 1 atom stereocenters. The second-order valence-electron chi connectivity index (χ2n) is 6.41. The average Bonchev–Trinajstić information content (AvgIpc) is 3.04. The number of nitrogens with one attached hydrogen (secondary N) is 1. The molecule has 1 aliphatic heterocycles. The molecule has 2 heterocycles. The summed E-state index contributed by atoms with van der Waals surface area (Å²) < 4.78 is 8.66. The molecule has 1 aliphatic carbocycles. The number of halogens is 1. The van der Waals surface area contributed by atoms with Crippen LogP contribution in [0.1, 0.15) is 44.7 Å². The molecule has 0 saturated heterocycles. The number of rotatable bonds is 5. The molecule has 1 aromatic carbocycles. The quantitative estimate of drug-likeness (QED) is 0.675. The average molecular weight is 449 g/mol. The van der Waals surface area contributed by atoms with Crippen LogP contribution >= 0.6 is 27.7 Å². The first-order valence-electron chi connectivity index (χ1n) is 9.17. The third kappa shape index (κ3) is 3.40. The molecule has 1 aromatic heterocycles. The van der Waals surface area contributed by atoms with Gasteiger partial charge in [-0.1, -0.05) is 34.6 Å². The largest absolute Gasteiger partial charge is 0.494 e. The molecular weight excluding hydrogens is 428 g/mol. The molecule has 1 N–H and O–H groups in total. The zero-order valence-corrected chi connectivity index (χ0v) is 17.7. The third-order valence-corrected chi connectivity index (χ3v) is 5.90. The molecule has 1 unspecified atom stereocenters. The van der Waals surface area contributed by atoms with Crippen LogP contribution in [0.2, 0.25) is 0 Å². The van der Waals surface area contributed by atoms with Gasteiger partial charge in [0.25, 0.3) is 0 Å². The summed E-state index contributed by atoms with van der Waals surface area (Å²) in [5, 5.41) is 8.77. The molecule has 4 rings (SSSR count). The molecule has 2 aromatic rings. The first kappa shape index (κ1) is 18.6. The Labute approximate surface area is 170 Å². The highest BCUT2D eigenvalue weighted by Gasteiger charge is 2.38. The number of fused-ring (bicyclic) bond motifs is 1. The van der Waals surface area contributed by atoms with E-state index in [1.807, 2.05) is 29.8 Å². The van der Waals surface area contributed by atoms with Crippen LogP contribution in [0.3, 0.4) is 0 Å². The lowest BCUT2D eigenvalue weighted by molar-refractivity contribution is -0.116. The van der Waals surface area contributed by atoms with Crippen molar-refractivity contribution in [2.45, 2.75) is 44.3 Å². The maximum atomic E-state index is 12.9. The van der Waals surface area contributed by atoms with E-state index in [1.165, 1.54) is 0 Å². The van der Waals surface area contributed by atoms with Crippen LogP contribution in [0.5, 0.6) is 5.75 Å². The number of allylic oxidation sites excluding steroid dienone is 2. The molecule has 0 bridgehead atoms. The summed E-state index contributed by atoms with van der Waals surface area (Å²) in [7, 11) is 0. The van der Waals surface area contributed by atoms with E-state index in [-0.39, 0.29) is 11.8 Å². The Bertz CT molecular complexity index is 924. The van der Waals surface area contributed by atoms with E-state index in [0.717, 1.165) is 45.7 Å². The van der Waals surface area contributed by atoms with E-state index in [0.29, 0.717) is 24.1 Å². The van der Waals surface area contributed by atoms with E-state index in [2.05, 4.69) is 33.2 Å². The van der Waals surface area contributed by atoms with Gasteiger partial charge in [-0.05, 0) is 43.7 Å². The molecule has 142 valence electrons. The van der Waals surface area contributed by atoms with Gasteiger partial charge in [0.1, 0.15) is 11.8 Å². The fraction of sp³-hybridized carbons (Fsp3) is 0.421. The number of hydrogen-bond acceptors (Lipinski definition) is 6. The van der Waals surface area contributed by atoms with E-state index in [1.54, 1.807) is 11.8 Å². The smallest absolute Gasteiger partial charge is 0.227 e. The zero-order chi connectivity index (χ0) is 19.0. The lowest BCUT2D eigenvalue weighted by atomic mass is 9.85. The van der Waals surface area contributed by atoms with Crippen molar-refractivity contribution in [3.8, 4) is 5.75 Å². The number of anilines is 1. The van der Waals surface area contributed by atoms with Gasteiger partial charge in [0.05, 0.1) is 6.61 Å². The summed E-state index contributed by atoms with van der Waals surface area (Å²) in [6.07, 6.45) is 2.27. The van der Waals surface area contributed by atoms with Gasteiger partial charge in [-0.2, -0.15) is 4.98 Å². The highest BCUT2D eigenvalue weighted by Crippen LogP contribution is 2.43. The van der Waals surface area contributed by atoms with Crippen molar-refractivity contribution in [1.82, 2.24) is 14.8 Å². The van der Waals surface area contributed by atoms with Crippen molar-refractivity contribution in [3.63, 3.8) is 0 Å². The summed E-state index contributed by atoms with van der Waals surface area (Å²) in [5.74, 6) is 2.51. The first-order valence-corrected chi connectivity index (χ1v) is 10.9. The van der Waals surface area contributed by atoms with Crippen LogP contribution in [0.25, 0.3) is 0 Å². The van der Waals surface area contributed by atoms with Crippen molar-refractivity contribution < 1.29 is 9.53 Å². The van der Waals surface area contributed by atoms with Crippen molar-refractivity contribution >= 4 is 39.4 Å². The van der Waals surface area contributed by atoms with E-state index < -0.39 is 0 Å². The molecule has 0 spiro atoms. The topological polar surface area (TPSA) is 69.0 Å². The number of Topliss-reactive ketones (excluding diaryl/α,β-unsaturated/α-hetero) is 1. The maximum absolute atomic E-state index is 12.9. The van der Waals surface area contributed by atoms with Gasteiger partial charge in [-0.25, -0.2) is 4.68 Å². The molecular formula is C19H21BrN4O2S. The van der Waals surface area contributed by atoms with Crippen LogP contribution in [0.4, 0.5) is 5.95 Å². The highest BCUT2D eigenvalue weighted by atomic mass is 79.9. The number of benzene rings is 1. The van der Waals surface area contributed by atoms with Crippen LogP contribution < -0.4 is 10.1 Å². The normalized spacial score (nSPS) is 18.8. The number of carbonyl (C=O) groups is 1. The number of thioether (sulfide) groups is 1. The molecule has 8 heteroatoms. The number of nitrogens with zero attached hydrogens (tertiary/aromatic N) is 3. The molecule has 0 saturated carbocycles. The SMILES string of the molecule is CCOc1ccc(Br)cc1C1C2=C(CCCC2=O)Nc2nc(SCC)nn21. The van der Waals surface area contributed by atoms with Crippen molar-refractivity contribution in [1.29, 1.82) is 0 Å². The lowest BCUT2D eigenvalue weighted by Crippen LogP contribution is -2.31. The Balaban J connectivity index is 1.92. The number of aromatic nitrogens is 3. The Kier molecular flexibility index (Phi) is 5.27. The minimum atomic E-state index is -0.332.